The Bertz CT molecular complexity index is 551. The lowest BCUT2D eigenvalue weighted by Crippen LogP contribution is -2.07. The lowest BCUT2D eigenvalue weighted by atomic mass is 10.2. The smallest absolute Gasteiger partial charge is 0.207 e. The number of hydrogen-bond donors (Lipinski definition) is 1. The van der Waals surface area contributed by atoms with Crippen molar-refractivity contribution >= 4 is 27.6 Å². The molecule has 5 heteroatoms. The first-order valence-corrected chi connectivity index (χ1v) is 7.01. The van der Waals surface area contributed by atoms with Gasteiger partial charge in [0.25, 0.3) is 0 Å². The molecule has 0 bridgehead atoms. The minimum atomic E-state index is 0.573. The van der Waals surface area contributed by atoms with Crippen molar-refractivity contribution in [3.8, 4) is 5.75 Å². The number of aromatic nitrogens is 2. The van der Waals surface area contributed by atoms with Crippen molar-refractivity contribution in [2.24, 2.45) is 5.92 Å². The van der Waals surface area contributed by atoms with Crippen LogP contribution in [-0.4, -0.2) is 16.7 Å². The molecule has 0 spiro atoms. The lowest BCUT2D eigenvalue weighted by molar-refractivity contribution is 0.415. The van der Waals surface area contributed by atoms with Gasteiger partial charge in [-0.05, 0) is 34.0 Å². The van der Waals surface area contributed by atoms with E-state index >= 15 is 0 Å². The molecule has 0 saturated heterocycles. The van der Waals surface area contributed by atoms with Crippen LogP contribution >= 0.6 is 15.9 Å². The minimum absolute atomic E-state index is 0.573. The molecule has 4 nitrogen and oxygen atoms in total. The number of anilines is 2. The van der Waals surface area contributed by atoms with Gasteiger partial charge in [-0.3, -0.25) is 0 Å². The first-order chi connectivity index (χ1) is 9.10. The van der Waals surface area contributed by atoms with E-state index in [2.05, 4.69) is 44.6 Å². The van der Waals surface area contributed by atoms with Gasteiger partial charge < -0.3 is 14.6 Å². The lowest BCUT2D eigenvalue weighted by Gasteiger charge is -2.13. The highest BCUT2D eigenvalue weighted by Gasteiger charge is 2.08. The van der Waals surface area contributed by atoms with Crippen LogP contribution in [0.15, 0.2) is 35.1 Å². The molecule has 2 rings (SSSR count). The van der Waals surface area contributed by atoms with E-state index in [0.29, 0.717) is 5.92 Å². The normalized spacial score (nSPS) is 10.8. The molecule has 0 saturated carbocycles. The maximum absolute atomic E-state index is 5.24. The monoisotopic (exact) mass is 323 g/mol. The maximum Gasteiger partial charge on any atom is 0.207 e. The van der Waals surface area contributed by atoms with E-state index in [-0.39, 0.29) is 0 Å². The van der Waals surface area contributed by atoms with E-state index in [9.17, 15) is 0 Å². The second kappa shape index (κ2) is 6.10. The number of nitrogens with zero attached hydrogens (tertiary/aromatic N) is 2. The van der Waals surface area contributed by atoms with Crippen molar-refractivity contribution in [3.63, 3.8) is 0 Å². The Hall–Kier alpha value is -1.49. The summed E-state index contributed by atoms with van der Waals surface area (Å²) in [5, 5.41) is 3.33. The summed E-state index contributed by atoms with van der Waals surface area (Å²) in [6.07, 6.45) is 3.79. The SMILES string of the molecule is COc1ccc(Br)c(Nc2nccn2CC(C)C)c1. The van der Waals surface area contributed by atoms with Gasteiger partial charge >= 0.3 is 0 Å². The third-order valence-corrected chi connectivity index (χ3v) is 3.39. The number of ether oxygens (including phenoxy) is 1. The zero-order valence-corrected chi connectivity index (χ0v) is 12.9. The summed E-state index contributed by atoms with van der Waals surface area (Å²) >= 11 is 3.53. The van der Waals surface area contributed by atoms with Crippen molar-refractivity contribution < 1.29 is 4.74 Å². The van der Waals surface area contributed by atoms with E-state index in [4.69, 9.17) is 4.74 Å². The van der Waals surface area contributed by atoms with Crippen LogP contribution in [0.2, 0.25) is 0 Å². The molecule has 0 atom stereocenters. The van der Waals surface area contributed by atoms with Gasteiger partial charge in [-0.1, -0.05) is 13.8 Å². The molecular formula is C14H18BrN3O. The van der Waals surface area contributed by atoms with Gasteiger partial charge in [-0.15, -0.1) is 0 Å². The maximum atomic E-state index is 5.24. The quantitative estimate of drug-likeness (QED) is 0.902. The highest BCUT2D eigenvalue weighted by molar-refractivity contribution is 9.10. The van der Waals surface area contributed by atoms with Crippen LogP contribution in [0, 0.1) is 5.92 Å². The molecule has 0 aliphatic rings. The van der Waals surface area contributed by atoms with Gasteiger partial charge in [0.1, 0.15) is 5.75 Å². The molecular weight excluding hydrogens is 306 g/mol. The van der Waals surface area contributed by atoms with Crippen LogP contribution in [0.1, 0.15) is 13.8 Å². The largest absolute Gasteiger partial charge is 0.497 e. The van der Waals surface area contributed by atoms with Crippen LogP contribution < -0.4 is 10.1 Å². The molecule has 1 N–H and O–H groups in total. The number of methoxy groups -OCH3 is 1. The molecule has 2 aromatic rings. The average molecular weight is 324 g/mol. The number of halogens is 1. The second-order valence-electron chi connectivity index (χ2n) is 4.77. The summed E-state index contributed by atoms with van der Waals surface area (Å²) in [4.78, 5) is 4.35. The molecule has 0 amide bonds. The van der Waals surface area contributed by atoms with E-state index < -0.39 is 0 Å². The minimum Gasteiger partial charge on any atom is -0.497 e. The molecule has 1 aromatic carbocycles. The van der Waals surface area contributed by atoms with E-state index in [1.807, 2.05) is 24.4 Å². The van der Waals surface area contributed by atoms with Gasteiger partial charge in [0.2, 0.25) is 5.95 Å². The summed E-state index contributed by atoms with van der Waals surface area (Å²) < 4.78 is 8.32. The van der Waals surface area contributed by atoms with Crippen molar-refractivity contribution in [1.82, 2.24) is 9.55 Å². The van der Waals surface area contributed by atoms with Crippen LogP contribution in [0.5, 0.6) is 5.75 Å². The van der Waals surface area contributed by atoms with Gasteiger partial charge in [-0.25, -0.2) is 4.98 Å². The van der Waals surface area contributed by atoms with Crippen molar-refractivity contribution in [2.45, 2.75) is 20.4 Å². The average Bonchev–Trinajstić information content (AvgIpc) is 2.78. The highest BCUT2D eigenvalue weighted by Crippen LogP contribution is 2.29. The Labute approximate surface area is 121 Å². The molecule has 0 aliphatic heterocycles. The predicted molar refractivity (Wildman–Crippen MR) is 81.0 cm³/mol. The molecule has 0 aliphatic carbocycles. The zero-order valence-electron chi connectivity index (χ0n) is 11.4. The summed E-state index contributed by atoms with van der Waals surface area (Å²) in [6, 6.07) is 5.81. The Morgan fingerprint density at radius 2 is 2.21 bits per heavy atom. The van der Waals surface area contributed by atoms with Gasteiger partial charge in [0, 0.05) is 29.5 Å². The van der Waals surface area contributed by atoms with Gasteiger partial charge in [0.15, 0.2) is 0 Å². The van der Waals surface area contributed by atoms with Gasteiger partial charge in [-0.2, -0.15) is 0 Å². The Morgan fingerprint density at radius 1 is 1.42 bits per heavy atom. The highest BCUT2D eigenvalue weighted by atomic mass is 79.9. The van der Waals surface area contributed by atoms with E-state index in [0.717, 1.165) is 28.4 Å². The molecule has 1 heterocycles. The fourth-order valence-corrected chi connectivity index (χ4v) is 2.17. The number of hydrogen-bond acceptors (Lipinski definition) is 3. The topological polar surface area (TPSA) is 39.1 Å². The Morgan fingerprint density at radius 3 is 2.89 bits per heavy atom. The predicted octanol–water partition coefficient (Wildman–Crippen LogP) is 4.05. The second-order valence-corrected chi connectivity index (χ2v) is 5.62. The number of nitrogens with one attached hydrogen (secondary N) is 1. The van der Waals surface area contributed by atoms with Crippen LogP contribution in [0.3, 0.4) is 0 Å². The molecule has 1 aromatic heterocycles. The van der Waals surface area contributed by atoms with Crippen LogP contribution in [-0.2, 0) is 6.54 Å². The van der Waals surface area contributed by atoms with Crippen LogP contribution in [0.4, 0.5) is 11.6 Å². The molecule has 19 heavy (non-hydrogen) atoms. The van der Waals surface area contributed by atoms with Crippen molar-refractivity contribution in [3.05, 3.63) is 35.1 Å². The van der Waals surface area contributed by atoms with Crippen molar-refractivity contribution in [1.29, 1.82) is 0 Å². The zero-order chi connectivity index (χ0) is 13.8. The first kappa shape index (κ1) is 13.9. The Balaban J connectivity index is 2.23. The number of benzene rings is 1. The van der Waals surface area contributed by atoms with Crippen LogP contribution in [0.25, 0.3) is 0 Å². The third kappa shape index (κ3) is 3.50. The number of imidazole rings is 1. The van der Waals surface area contributed by atoms with E-state index in [1.165, 1.54) is 0 Å². The fourth-order valence-electron chi connectivity index (χ4n) is 1.82. The summed E-state index contributed by atoms with van der Waals surface area (Å²) in [5.41, 5.74) is 0.940. The molecule has 0 unspecified atom stereocenters. The summed E-state index contributed by atoms with van der Waals surface area (Å²) in [5.74, 6) is 2.22. The Kier molecular flexibility index (Phi) is 4.47. The number of rotatable bonds is 5. The van der Waals surface area contributed by atoms with Gasteiger partial charge in [0.05, 0.1) is 12.8 Å². The molecule has 102 valence electrons. The van der Waals surface area contributed by atoms with E-state index in [1.54, 1.807) is 13.3 Å². The summed E-state index contributed by atoms with van der Waals surface area (Å²) in [6.45, 7) is 5.31. The van der Waals surface area contributed by atoms with Crippen molar-refractivity contribution in [2.75, 3.05) is 12.4 Å². The standard InChI is InChI=1S/C14H18BrN3O/c1-10(2)9-18-7-6-16-14(18)17-13-8-11(19-3)4-5-12(13)15/h4-8,10H,9H2,1-3H3,(H,16,17). The fraction of sp³-hybridized carbons (Fsp3) is 0.357. The molecule has 0 radical (unpaired) electrons. The first-order valence-electron chi connectivity index (χ1n) is 6.22. The third-order valence-electron chi connectivity index (χ3n) is 2.70. The molecule has 0 fully saturated rings. The summed E-state index contributed by atoms with van der Waals surface area (Å²) in [7, 11) is 1.66.